The van der Waals surface area contributed by atoms with Gasteiger partial charge in [0.2, 0.25) is 0 Å². The number of rotatable bonds is 7. The van der Waals surface area contributed by atoms with Gasteiger partial charge in [0.15, 0.2) is 6.61 Å². The van der Waals surface area contributed by atoms with Gasteiger partial charge in [0, 0.05) is 41.8 Å². The van der Waals surface area contributed by atoms with E-state index in [0.29, 0.717) is 30.9 Å². The summed E-state index contributed by atoms with van der Waals surface area (Å²) in [4.78, 5) is 28.0. The number of carboxylic acid groups (broad SMARTS) is 1. The number of benzene rings is 2. The van der Waals surface area contributed by atoms with Crippen LogP contribution in [0.2, 0.25) is 0 Å². The van der Waals surface area contributed by atoms with Crippen molar-refractivity contribution >= 4 is 27.8 Å². The molecule has 2 aromatic carbocycles. The quantitative estimate of drug-likeness (QED) is 0.637. The van der Waals surface area contributed by atoms with Gasteiger partial charge < -0.3 is 14.7 Å². The number of nitrogens with zero attached hydrogens (tertiary/aromatic N) is 2. The molecule has 2 atom stereocenters. The van der Waals surface area contributed by atoms with Crippen molar-refractivity contribution in [2.24, 2.45) is 0 Å². The van der Waals surface area contributed by atoms with Crippen molar-refractivity contribution < 1.29 is 23.8 Å². The summed E-state index contributed by atoms with van der Waals surface area (Å²) in [5, 5.41) is 9.10. The van der Waals surface area contributed by atoms with E-state index in [1.807, 2.05) is 11.8 Å². The van der Waals surface area contributed by atoms with E-state index in [2.05, 4.69) is 27.8 Å². The molecule has 0 saturated carbocycles. The van der Waals surface area contributed by atoms with Crippen molar-refractivity contribution in [3.05, 3.63) is 63.9 Å². The van der Waals surface area contributed by atoms with E-state index in [1.54, 1.807) is 30.3 Å². The number of carbonyl (C=O) groups is 2. The lowest BCUT2D eigenvalue weighted by atomic mass is 10.1. The van der Waals surface area contributed by atoms with Crippen LogP contribution in [0, 0.1) is 5.82 Å². The molecule has 1 fully saturated rings. The Morgan fingerprint density at radius 3 is 2.52 bits per heavy atom. The van der Waals surface area contributed by atoms with Crippen LogP contribution in [-0.4, -0.2) is 58.6 Å². The topological polar surface area (TPSA) is 70.1 Å². The van der Waals surface area contributed by atoms with Crippen molar-refractivity contribution in [1.29, 1.82) is 0 Å². The molecule has 8 heteroatoms. The van der Waals surface area contributed by atoms with Gasteiger partial charge in [-0.1, -0.05) is 28.1 Å². The fourth-order valence-corrected chi connectivity index (χ4v) is 4.21. The Balaban J connectivity index is 1.59. The molecule has 1 aliphatic rings. The van der Waals surface area contributed by atoms with E-state index in [1.165, 1.54) is 12.1 Å². The van der Waals surface area contributed by atoms with Crippen LogP contribution in [-0.2, 0) is 22.6 Å². The second-order valence-electron chi connectivity index (χ2n) is 7.91. The molecule has 31 heavy (non-hydrogen) atoms. The highest BCUT2D eigenvalue weighted by Crippen LogP contribution is 2.24. The number of piperazine rings is 1. The Hall–Kier alpha value is -2.45. The highest BCUT2D eigenvalue weighted by atomic mass is 79.9. The molecule has 6 nitrogen and oxygen atoms in total. The second-order valence-corrected chi connectivity index (χ2v) is 8.83. The first-order valence-corrected chi connectivity index (χ1v) is 10.9. The number of halogens is 2. The number of aliphatic carboxylic acids is 1. The average molecular weight is 493 g/mol. The number of hydrogen-bond donors (Lipinski definition) is 1. The summed E-state index contributed by atoms with van der Waals surface area (Å²) in [7, 11) is 0. The summed E-state index contributed by atoms with van der Waals surface area (Å²) in [6, 6.07) is 11.7. The van der Waals surface area contributed by atoms with Crippen molar-refractivity contribution in [2.45, 2.75) is 38.9 Å². The molecular formula is C23H26BrFN2O4. The third-order valence-corrected chi connectivity index (χ3v) is 5.94. The molecule has 1 saturated heterocycles. The maximum atomic E-state index is 13.1. The monoisotopic (exact) mass is 492 g/mol. The van der Waals surface area contributed by atoms with E-state index >= 15 is 0 Å². The fraction of sp³-hybridized carbons (Fsp3) is 0.391. The number of ether oxygens (including phenoxy) is 1. The zero-order valence-corrected chi connectivity index (χ0v) is 19.1. The largest absolute Gasteiger partial charge is 0.483 e. The predicted molar refractivity (Wildman–Crippen MR) is 118 cm³/mol. The highest BCUT2D eigenvalue weighted by Gasteiger charge is 2.32. The van der Waals surface area contributed by atoms with Gasteiger partial charge in [0.25, 0.3) is 5.91 Å². The summed E-state index contributed by atoms with van der Waals surface area (Å²) >= 11 is 3.33. The fourth-order valence-electron chi connectivity index (χ4n) is 3.80. The van der Waals surface area contributed by atoms with Gasteiger partial charge in [-0.25, -0.2) is 4.39 Å². The molecule has 1 N–H and O–H groups in total. The Kier molecular flexibility index (Phi) is 7.67. The number of carbonyl (C=O) groups excluding carboxylic acids is 1. The minimum absolute atomic E-state index is 0.00356. The first-order valence-electron chi connectivity index (χ1n) is 10.1. The highest BCUT2D eigenvalue weighted by molar-refractivity contribution is 9.10. The van der Waals surface area contributed by atoms with Crippen molar-refractivity contribution in [1.82, 2.24) is 9.80 Å². The van der Waals surface area contributed by atoms with E-state index in [-0.39, 0.29) is 36.8 Å². The lowest BCUT2D eigenvalue weighted by molar-refractivity contribution is -0.139. The molecule has 0 spiro atoms. The van der Waals surface area contributed by atoms with Gasteiger partial charge in [-0.15, -0.1) is 0 Å². The molecular weight excluding hydrogens is 467 g/mol. The Labute approximate surface area is 189 Å². The van der Waals surface area contributed by atoms with Crippen molar-refractivity contribution in [3.63, 3.8) is 0 Å². The van der Waals surface area contributed by atoms with Gasteiger partial charge in [-0.05, 0) is 49.7 Å². The summed E-state index contributed by atoms with van der Waals surface area (Å²) in [6.45, 7) is 5.87. The molecule has 3 rings (SSSR count). The zero-order chi connectivity index (χ0) is 22.5. The van der Waals surface area contributed by atoms with Gasteiger partial charge >= 0.3 is 5.97 Å². The van der Waals surface area contributed by atoms with Gasteiger partial charge in [0.1, 0.15) is 11.6 Å². The smallest absolute Gasteiger partial charge is 0.307 e. The summed E-state index contributed by atoms with van der Waals surface area (Å²) < 4.78 is 19.6. The molecule has 166 valence electrons. The van der Waals surface area contributed by atoms with Crippen LogP contribution in [0.1, 0.15) is 25.0 Å². The van der Waals surface area contributed by atoms with E-state index in [4.69, 9.17) is 9.84 Å². The number of carboxylic acids is 1. The maximum absolute atomic E-state index is 13.1. The standard InChI is InChI=1S/C23H26BrFN2O4/c1-15-12-27(16(2)11-26(15)13-17-3-6-20(25)7-4-17)22(28)14-31-21-8-5-19(24)9-18(21)10-23(29)30/h3-9,15-16H,10-14H2,1-2H3,(H,29,30). The minimum Gasteiger partial charge on any atom is -0.483 e. The molecule has 0 aliphatic carbocycles. The first kappa shape index (κ1) is 23.2. The van der Waals surface area contributed by atoms with Crippen LogP contribution < -0.4 is 4.74 Å². The minimum atomic E-state index is -0.964. The van der Waals surface area contributed by atoms with Crippen molar-refractivity contribution in [3.8, 4) is 5.75 Å². The normalized spacial score (nSPS) is 19.3. The molecule has 2 aromatic rings. The third kappa shape index (κ3) is 6.27. The first-order chi connectivity index (χ1) is 14.7. The summed E-state index contributed by atoms with van der Waals surface area (Å²) in [5.41, 5.74) is 1.55. The zero-order valence-electron chi connectivity index (χ0n) is 17.6. The lowest BCUT2D eigenvalue weighted by Crippen LogP contribution is -2.58. The summed E-state index contributed by atoms with van der Waals surface area (Å²) in [6.07, 6.45) is -0.182. The van der Waals surface area contributed by atoms with Crippen molar-refractivity contribution in [2.75, 3.05) is 19.7 Å². The van der Waals surface area contributed by atoms with Crippen LogP contribution in [0.25, 0.3) is 0 Å². The van der Waals surface area contributed by atoms with Gasteiger partial charge in [0.05, 0.1) is 6.42 Å². The van der Waals surface area contributed by atoms with E-state index < -0.39 is 5.97 Å². The van der Waals surface area contributed by atoms with Crippen LogP contribution in [0.5, 0.6) is 5.75 Å². The molecule has 0 radical (unpaired) electrons. The van der Waals surface area contributed by atoms with Gasteiger partial charge in [-0.2, -0.15) is 0 Å². The average Bonchev–Trinajstić information content (AvgIpc) is 2.71. The van der Waals surface area contributed by atoms with Crippen LogP contribution in [0.3, 0.4) is 0 Å². The SMILES string of the molecule is CC1CN(C(=O)COc2ccc(Br)cc2CC(=O)O)C(C)CN1Cc1ccc(F)cc1. The van der Waals surface area contributed by atoms with E-state index in [9.17, 15) is 14.0 Å². The molecule has 1 amide bonds. The Bertz CT molecular complexity index is 938. The molecule has 1 heterocycles. The maximum Gasteiger partial charge on any atom is 0.307 e. The second kappa shape index (κ2) is 10.2. The molecule has 1 aliphatic heterocycles. The molecule has 0 bridgehead atoms. The predicted octanol–water partition coefficient (Wildman–Crippen LogP) is 3.72. The number of amides is 1. The van der Waals surface area contributed by atoms with Crippen LogP contribution in [0.15, 0.2) is 46.9 Å². The summed E-state index contributed by atoms with van der Waals surface area (Å²) in [5.74, 6) is -0.952. The lowest BCUT2D eigenvalue weighted by Gasteiger charge is -2.44. The Morgan fingerprint density at radius 1 is 1.13 bits per heavy atom. The third-order valence-electron chi connectivity index (χ3n) is 5.45. The number of hydrogen-bond acceptors (Lipinski definition) is 4. The van der Waals surface area contributed by atoms with Crippen LogP contribution >= 0.6 is 15.9 Å². The molecule has 0 aromatic heterocycles. The Morgan fingerprint density at radius 2 is 1.84 bits per heavy atom. The van der Waals surface area contributed by atoms with Gasteiger partial charge in [-0.3, -0.25) is 14.5 Å². The van der Waals surface area contributed by atoms with E-state index in [0.717, 1.165) is 10.0 Å². The molecule has 2 unspecified atom stereocenters. The van der Waals surface area contributed by atoms with Crippen LogP contribution in [0.4, 0.5) is 4.39 Å².